The van der Waals surface area contributed by atoms with E-state index in [0.29, 0.717) is 11.8 Å². The Morgan fingerprint density at radius 1 is 1.37 bits per heavy atom. The van der Waals surface area contributed by atoms with Crippen molar-refractivity contribution in [3.8, 4) is 5.75 Å². The molecule has 0 saturated carbocycles. The highest BCUT2D eigenvalue weighted by molar-refractivity contribution is 9.10. The Balaban J connectivity index is 2.09. The fourth-order valence-corrected chi connectivity index (χ4v) is 3.38. The monoisotopic (exact) mass is 326 g/mol. The molecular formula is C15H23BrN2O. The zero-order valence-electron chi connectivity index (χ0n) is 12.0. The molecule has 1 aliphatic heterocycles. The summed E-state index contributed by atoms with van der Waals surface area (Å²) in [6.45, 7) is 8.27. The first-order valence-corrected chi connectivity index (χ1v) is 7.71. The van der Waals surface area contributed by atoms with Crippen molar-refractivity contribution in [3.05, 3.63) is 27.7 Å². The van der Waals surface area contributed by atoms with Gasteiger partial charge in [0.1, 0.15) is 5.75 Å². The summed E-state index contributed by atoms with van der Waals surface area (Å²) < 4.78 is 1.04. The SMILES string of the molecule is CCC1CN(Cc2cc(Br)cc(C)c2O)CCN1C. The van der Waals surface area contributed by atoms with Crippen molar-refractivity contribution < 1.29 is 5.11 Å². The maximum atomic E-state index is 10.2. The molecule has 1 heterocycles. The van der Waals surface area contributed by atoms with Crippen molar-refractivity contribution in [1.82, 2.24) is 9.80 Å². The van der Waals surface area contributed by atoms with Crippen LogP contribution in [-0.2, 0) is 6.54 Å². The Hall–Kier alpha value is -0.580. The standard InChI is InChI=1S/C15H23BrN2O/c1-4-14-10-18(6-5-17(14)3)9-12-8-13(16)7-11(2)15(12)19/h7-8,14,19H,4-6,9-10H2,1-3H3. The second-order valence-electron chi connectivity index (χ2n) is 5.51. The maximum absolute atomic E-state index is 10.2. The van der Waals surface area contributed by atoms with Crippen molar-refractivity contribution in [2.24, 2.45) is 0 Å². The second kappa shape index (κ2) is 6.25. The van der Waals surface area contributed by atoms with Gasteiger partial charge in [0.2, 0.25) is 0 Å². The van der Waals surface area contributed by atoms with Gasteiger partial charge in [-0.05, 0) is 38.1 Å². The van der Waals surface area contributed by atoms with Crippen molar-refractivity contribution in [2.75, 3.05) is 26.7 Å². The topological polar surface area (TPSA) is 26.7 Å². The van der Waals surface area contributed by atoms with Crippen molar-refractivity contribution in [2.45, 2.75) is 32.9 Å². The van der Waals surface area contributed by atoms with Gasteiger partial charge in [0.05, 0.1) is 0 Å². The fourth-order valence-electron chi connectivity index (χ4n) is 2.76. The van der Waals surface area contributed by atoms with Crippen LogP contribution in [0.2, 0.25) is 0 Å². The van der Waals surface area contributed by atoms with Crippen LogP contribution in [0.4, 0.5) is 0 Å². The minimum Gasteiger partial charge on any atom is -0.507 e. The minimum atomic E-state index is 0.440. The van der Waals surface area contributed by atoms with Gasteiger partial charge >= 0.3 is 0 Å². The van der Waals surface area contributed by atoms with Crippen molar-refractivity contribution in [3.63, 3.8) is 0 Å². The first kappa shape index (κ1) is 14.8. The number of halogens is 1. The van der Waals surface area contributed by atoms with Crippen LogP contribution < -0.4 is 0 Å². The van der Waals surface area contributed by atoms with Crippen molar-refractivity contribution >= 4 is 15.9 Å². The molecule has 1 unspecified atom stereocenters. The summed E-state index contributed by atoms with van der Waals surface area (Å²) in [4.78, 5) is 4.87. The molecule has 0 bridgehead atoms. The average molecular weight is 327 g/mol. The molecule has 106 valence electrons. The summed E-state index contributed by atoms with van der Waals surface area (Å²) >= 11 is 3.51. The van der Waals surface area contributed by atoms with E-state index in [2.05, 4.69) is 39.7 Å². The van der Waals surface area contributed by atoms with Gasteiger partial charge in [-0.15, -0.1) is 0 Å². The Bertz CT molecular complexity index is 450. The number of hydrogen-bond acceptors (Lipinski definition) is 3. The smallest absolute Gasteiger partial charge is 0.123 e. The molecule has 0 radical (unpaired) electrons. The molecule has 4 heteroatoms. The first-order valence-electron chi connectivity index (χ1n) is 6.91. The summed E-state index contributed by atoms with van der Waals surface area (Å²) in [5.74, 6) is 0.440. The van der Waals surface area contributed by atoms with Gasteiger partial charge in [0, 0.05) is 42.3 Å². The molecule has 1 aliphatic rings. The minimum absolute atomic E-state index is 0.440. The maximum Gasteiger partial charge on any atom is 0.123 e. The van der Waals surface area contributed by atoms with Crippen molar-refractivity contribution in [1.29, 1.82) is 0 Å². The summed E-state index contributed by atoms with van der Waals surface area (Å²) in [7, 11) is 2.20. The molecule has 3 nitrogen and oxygen atoms in total. The summed E-state index contributed by atoms with van der Waals surface area (Å²) in [6.07, 6.45) is 1.18. The number of hydrogen-bond donors (Lipinski definition) is 1. The number of aryl methyl sites for hydroxylation is 1. The third-order valence-electron chi connectivity index (χ3n) is 4.07. The lowest BCUT2D eigenvalue weighted by molar-refractivity contribution is 0.0878. The molecule has 2 rings (SSSR count). The summed E-state index contributed by atoms with van der Waals surface area (Å²) in [5, 5.41) is 10.2. The number of aromatic hydroxyl groups is 1. The highest BCUT2D eigenvalue weighted by Gasteiger charge is 2.23. The molecule has 0 spiro atoms. The van der Waals surface area contributed by atoms with Gasteiger partial charge in [-0.3, -0.25) is 4.90 Å². The van der Waals surface area contributed by atoms with Gasteiger partial charge in [0.15, 0.2) is 0 Å². The fraction of sp³-hybridized carbons (Fsp3) is 0.600. The van der Waals surface area contributed by atoms with Gasteiger partial charge < -0.3 is 10.0 Å². The van der Waals surface area contributed by atoms with Crippen LogP contribution in [0, 0.1) is 6.92 Å². The molecule has 1 aromatic carbocycles. The lowest BCUT2D eigenvalue weighted by Crippen LogP contribution is -2.50. The Morgan fingerprint density at radius 2 is 2.11 bits per heavy atom. The van der Waals surface area contributed by atoms with Crippen LogP contribution in [0.5, 0.6) is 5.75 Å². The van der Waals surface area contributed by atoms with Crippen LogP contribution in [0.3, 0.4) is 0 Å². The van der Waals surface area contributed by atoms with Gasteiger partial charge in [-0.2, -0.15) is 0 Å². The van der Waals surface area contributed by atoms with E-state index in [1.807, 2.05) is 19.1 Å². The third-order valence-corrected chi connectivity index (χ3v) is 4.53. The number of likely N-dealkylation sites (N-methyl/N-ethyl adjacent to an activating group) is 1. The van der Waals surface area contributed by atoms with E-state index in [4.69, 9.17) is 0 Å². The van der Waals surface area contributed by atoms with Gasteiger partial charge in [0.25, 0.3) is 0 Å². The molecule has 1 N–H and O–H groups in total. The number of benzene rings is 1. The van der Waals surface area contributed by atoms with Crippen LogP contribution >= 0.6 is 15.9 Å². The predicted molar refractivity (Wildman–Crippen MR) is 82.5 cm³/mol. The predicted octanol–water partition coefficient (Wildman–Crippen LogP) is 2.99. The highest BCUT2D eigenvalue weighted by atomic mass is 79.9. The molecule has 1 aromatic rings. The van der Waals surface area contributed by atoms with E-state index in [1.165, 1.54) is 6.42 Å². The van der Waals surface area contributed by atoms with E-state index in [-0.39, 0.29) is 0 Å². The number of phenols is 1. The Morgan fingerprint density at radius 3 is 2.79 bits per heavy atom. The van der Waals surface area contributed by atoms with E-state index in [1.54, 1.807) is 0 Å². The van der Waals surface area contributed by atoms with E-state index in [0.717, 1.165) is 41.8 Å². The molecular weight excluding hydrogens is 304 g/mol. The summed E-state index contributed by atoms with van der Waals surface area (Å²) in [5.41, 5.74) is 1.96. The average Bonchev–Trinajstić information content (AvgIpc) is 2.37. The number of phenolic OH excluding ortho intramolecular Hbond substituents is 1. The van der Waals surface area contributed by atoms with Crippen LogP contribution in [-0.4, -0.2) is 47.6 Å². The number of rotatable bonds is 3. The van der Waals surface area contributed by atoms with Crippen LogP contribution in [0.1, 0.15) is 24.5 Å². The van der Waals surface area contributed by atoms with E-state index < -0.39 is 0 Å². The molecule has 1 saturated heterocycles. The van der Waals surface area contributed by atoms with Gasteiger partial charge in [-0.1, -0.05) is 22.9 Å². The van der Waals surface area contributed by atoms with E-state index >= 15 is 0 Å². The van der Waals surface area contributed by atoms with E-state index in [9.17, 15) is 5.11 Å². The quantitative estimate of drug-likeness (QED) is 0.925. The second-order valence-corrected chi connectivity index (χ2v) is 6.42. The molecule has 1 fully saturated rings. The van der Waals surface area contributed by atoms with Crippen LogP contribution in [0.15, 0.2) is 16.6 Å². The normalized spacial score (nSPS) is 21.8. The third kappa shape index (κ3) is 3.50. The lowest BCUT2D eigenvalue weighted by atomic mass is 10.1. The largest absolute Gasteiger partial charge is 0.507 e. The molecule has 0 aromatic heterocycles. The molecule has 0 amide bonds. The molecule has 1 atom stereocenters. The lowest BCUT2D eigenvalue weighted by Gasteiger charge is -2.39. The zero-order valence-corrected chi connectivity index (χ0v) is 13.6. The van der Waals surface area contributed by atoms with Gasteiger partial charge in [-0.25, -0.2) is 0 Å². The molecule has 19 heavy (non-hydrogen) atoms. The first-order chi connectivity index (χ1) is 9.01. The Kier molecular flexibility index (Phi) is 4.87. The highest BCUT2D eigenvalue weighted by Crippen LogP contribution is 2.28. The number of nitrogens with zero attached hydrogens (tertiary/aromatic N) is 2. The zero-order chi connectivity index (χ0) is 14.0. The molecule has 0 aliphatic carbocycles. The Labute approximate surface area is 124 Å². The summed E-state index contributed by atoms with van der Waals surface area (Å²) in [6, 6.07) is 4.61. The number of piperazine rings is 1. The van der Waals surface area contributed by atoms with Crippen LogP contribution in [0.25, 0.3) is 0 Å².